The largest absolute Gasteiger partial charge is 0.496 e. The Bertz CT molecular complexity index is 1210. The molecule has 0 aliphatic rings. The first kappa shape index (κ1) is 20.1. The van der Waals surface area contributed by atoms with E-state index in [0.29, 0.717) is 5.75 Å². The lowest BCUT2D eigenvalue weighted by Gasteiger charge is -2.07. The Kier molecular flexibility index (Phi) is 5.89. The Morgan fingerprint density at radius 2 is 1.71 bits per heavy atom. The fraction of sp³-hybridized carbons (Fsp3) is 0.0800. The molecule has 1 heterocycles. The molecular formula is C25H22N4O2. The third-order valence-corrected chi connectivity index (χ3v) is 4.80. The number of para-hydroxylation sites is 2. The lowest BCUT2D eigenvalue weighted by molar-refractivity contribution is 0.0949. The van der Waals surface area contributed by atoms with Crippen LogP contribution in [0.3, 0.4) is 0 Å². The van der Waals surface area contributed by atoms with E-state index >= 15 is 0 Å². The van der Waals surface area contributed by atoms with Crippen molar-refractivity contribution >= 4 is 12.1 Å². The molecule has 3 aromatic carbocycles. The molecule has 4 rings (SSSR count). The molecule has 0 atom stereocenters. The maximum Gasteiger partial charge on any atom is 0.291 e. The summed E-state index contributed by atoms with van der Waals surface area (Å²) in [6.45, 7) is 2.04. The fourth-order valence-electron chi connectivity index (χ4n) is 3.18. The quantitative estimate of drug-likeness (QED) is 0.372. The van der Waals surface area contributed by atoms with Gasteiger partial charge in [0.1, 0.15) is 5.75 Å². The van der Waals surface area contributed by atoms with Gasteiger partial charge in [0.25, 0.3) is 5.91 Å². The van der Waals surface area contributed by atoms with Crippen molar-refractivity contribution < 1.29 is 9.53 Å². The minimum absolute atomic E-state index is 0.275. The molecule has 1 amide bonds. The van der Waals surface area contributed by atoms with E-state index in [2.05, 4.69) is 15.6 Å². The molecule has 0 unspecified atom stereocenters. The van der Waals surface area contributed by atoms with Crippen LogP contribution in [0, 0.1) is 6.92 Å². The highest BCUT2D eigenvalue weighted by Gasteiger charge is 2.16. The first-order valence-electron chi connectivity index (χ1n) is 9.84. The number of benzene rings is 3. The van der Waals surface area contributed by atoms with Gasteiger partial charge in [-0.15, -0.1) is 0 Å². The number of ether oxygens (including phenoxy) is 1. The van der Waals surface area contributed by atoms with Gasteiger partial charge in [0.2, 0.25) is 0 Å². The number of aromatic nitrogens is 2. The van der Waals surface area contributed by atoms with Gasteiger partial charge in [-0.05, 0) is 37.3 Å². The van der Waals surface area contributed by atoms with Crippen molar-refractivity contribution in [1.82, 2.24) is 15.2 Å². The summed E-state index contributed by atoms with van der Waals surface area (Å²) < 4.78 is 7.06. The molecule has 31 heavy (non-hydrogen) atoms. The predicted octanol–water partition coefficient (Wildman–Crippen LogP) is 4.62. The molecule has 6 heteroatoms. The highest BCUT2D eigenvalue weighted by atomic mass is 16.5. The molecule has 0 aliphatic carbocycles. The summed E-state index contributed by atoms with van der Waals surface area (Å²) in [5.41, 5.74) is 7.42. The Morgan fingerprint density at radius 1 is 1.00 bits per heavy atom. The Morgan fingerprint density at radius 3 is 2.45 bits per heavy atom. The van der Waals surface area contributed by atoms with Crippen LogP contribution in [0.1, 0.15) is 21.6 Å². The zero-order valence-corrected chi connectivity index (χ0v) is 17.3. The number of methoxy groups -OCH3 is 1. The number of amides is 1. The van der Waals surface area contributed by atoms with E-state index in [9.17, 15) is 4.79 Å². The van der Waals surface area contributed by atoms with E-state index in [-0.39, 0.29) is 5.69 Å². The first-order valence-corrected chi connectivity index (χ1v) is 9.84. The fourth-order valence-corrected chi connectivity index (χ4v) is 3.18. The van der Waals surface area contributed by atoms with Crippen LogP contribution in [0.25, 0.3) is 16.9 Å². The summed E-state index contributed by atoms with van der Waals surface area (Å²) in [7, 11) is 1.59. The van der Waals surface area contributed by atoms with Crippen molar-refractivity contribution in [3.8, 4) is 22.7 Å². The summed E-state index contributed by atoms with van der Waals surface area (Å²) in [5.74, 6) is 0.282. The Labute approximate surface area is 180 Å². The average Bonchev–Trinajstić information content (AvgIpc) is 3.26. The van der Waals surface area contributed by atoms with Crippen molar-refractivity contribution in [2.45, 2.75) is 6.92 Å². The van der Waals surface area contributed by atoms with E-state index in [1.807, 2.05) is 85.8 Å². The summed E-state index contributed by atoms with van der Waals surface area (Å²) in [5, 5.41) is 8.61. The van der Waals surface area contributed by atoms with E-state index < -0.39 is 5.91 Å². The zero-order valence-electron chi connectivity index (χ0n) is 17.3. The van der Waals surface area contributed by atoms with Crippen molar-refractivity contribution in [3.63, 3.8) is 0 Å². The van der Waals surface area contributed by atoms with E-state index in [1.165, 1.54) is 0 Å². The van der Waals surface area contributed by atoms with Crippen LogP contribution in [0.5, 0.6) is 5.75 Å². The van der Waals surface area contributed by atoms with Gasteiger partial charge in [0, 0.05) is 11.1 Å². The molecule has 0 saturated heterocycles. The number of carbonyl (C=O) groups excluding carboxylic acids is 1. The number of hydrogen-bond donors (Lipinski definition) is 1. The third-order valence-electron chi connectivity index (χ3n) is 4.80. The number of carbonyl (C=O) groups is 1. The van der Waals surface area contributed by atoms with Gasteiger partial charge in [-0.3, -0.25) is 4.79 Å². The molecule has 1 aromatic heterocycles. The van der Waals surface area contributed by atoms with Gasteiger partial charge < -0.3 is 4.74 Å². The zero-order chi connectivity index (χ0) is 21.6. The minimum atomic E-state index is -0.394. The number of nitrogens with one attached hydrogen (secondary N) is 1. The van der Waals surface area contributed by atoms with E-state index in [0.717, 1.165) is 28.1 Å². The second kappa shape index (κ2) is 9.09. The van der Waals surface area contributed by atoms with E-state index in [1.54, 1.807) is 24.1 Å². The second-order valence-electron chi connectivity index (χ2n) is 6.97. The normalized spacial score (nSPS) is 10.9. The smallest absolute Gasteiger partial charge is 0.291 e. The molecule has 154 valence electrons. The maximum absolute atomic E-state index is 12.7. The number of nitrogens with zero attached hydrogens (tertiary/aromatic N) is 3. The van der Waals surface area contributed by atoms with Gasteiger partial charge >= 0.3 is 0 Å². The number of hydrazone groups is 1. The first-order chi connectivity index (χ1) is 15.2. The Balaban J connectivity index is 1.63. The monoisotopic (exact) mass is 410 g/mol. The third kappa shape index (κ3) is 4.53. The summed E-state index contributed by atoms with van der Waals surface area (Å²) >= 11 is 0. The molecule has 1 N–H and O–H groups in total. The van der Waals surface area contributed by atoms with Crippen LogP contribution in [-0.2, 0) is 0 Å². The molecule has 0 spiro atoms. The van der Waals surface area contributed by atoms with Crippen molar-refractivity contribution in [1.29, 1.82) is 0 Å². The van der Waals surface area contributed by atoms with E-state index in [4.69, 9.17) is 4.74 Å². The van der Waals surface area contributed by atoms with Crippen LogP contribution >= 0.6 is 0 Å². The van der Waals surface area contributed by atoms with Gasteiger partial charge in [-0.25, -0.2) is 10.1 Å². The highest BCUT2D eigenvalue weighted by Crippen LogP contribution is 2.24. The lowest BCUT2D eigenvalue weighted by atomic mass is 10.1. The van der Waals surface area contributed by atoms with Gasteiger partial charge in [0.15, 0.2) is 5.69 Å². The SMILES string of the molecule is COc1ccccc1/C=N\NC(=O)c1cc(-c2ccc(C)cc2)n(-c2ccccc2)n1. The molecule has 0 aliphatic heterocycles. The van der Waals surface area contributed by atoms with Crippen LogP contribution in [-0.4, -0.2) is 29.0 Å². The van der Waals surface area contributed by atoms with Gasteiger partial charge in [-0.2, -0.15) is 10.2 Å². The maximum atomic E-state index is 12.7. The molecule has 0 fully saturated rings. The van der Waals surface area contributed by atoms with Gasteiger partial charge in [-0.1, -0.05) is 60.2 Å². The molecule has 6 nitrogen and oxygen atoms in total. The average molecular weight is 410 g/mol. The molecule has 0 saturated carbocycles. The molecule has 0 bridgehead atoms. The molecule has 4 aromatic rings. The summed E-state index contributed by atoms with van der Waals surface area (Å²) in [6, 6.07) is 27.0. The number of hydrogen-bond acceptors (Lipinski definition) is 4. The van der Waals surface area contributed by atoms with Crippen LogP contribution in [0.15, 0.2) is 90.0 Å². The highest BCUT2D eigenvalue weighted by molar-refractivity contribution is 5.94. The van der Waals surface area contributed by atoms with Crippen molar-refractivity contribution in [3.05, 3.63) is 102 Å². The van der Waals surface area contributed by atoms with Gasteiger partial charge in [0.05, 0.1) is 24.7 Å². The van der Waals surface area contributed by atoms with Crippen molar-refractivity contribution in [2.24, 2.45) is 5.10 Å². The Hall–Kier alpha value is -4.19. The number of aryl methyl sites for hydroxylation is 1. The summed E-state index contributed by atoms with van der Waals surface area (Å²) in [4.78, 5) is 12.7. The number of rotatable bonds is 6. The predicted molar refractivity (Wildman–Crippen MR) is 122 cm³/mol. The second-order valence-corrected chi connectivity index (χ2v) is 6.97. The topological polar surface area (TPSA) is 68.5 Å². The molecule has 0 radical (unpaired) electrons. The minimum Gasteiger partial charge on any atom is -0.496 e. The van der Waals surface area contributed by atoms with Crippen LogP contribution in [0.4, 0.5) is 0 Å². The lowest BCUT2D eigenvalue weighted by Crippen LogP contribution is -2.18. The summed E-state index contributed by atoms with van der Waals surface area (Å²) in [6.07, 6.45) is 1.55. The standard InChI is InChI=1S/C25H22N4O2/c1-18-12-14-19(15-13-18)23-16-22(28-29(23)21-9-4-3-5-10-21)25(30)27-26-17-20-8-6-7-11-24(20)31-2/h3-17H,1-2H3,(H,27,30)/b26-17-. The van der Waals surface area contributed by atoms with Crippen LogP contribution in [0.2, 0.25) is 0 Å². The van der Waals surface area contributed by atoms with Crippen molar-refractivity contribution in [2.75, 3.05) is 7.11 Å². The molecular weight excluding hydrogens is 388 g/mol. The van der Waals surface area contributed by atoms with Crippen LogP contribution < -0.4 is 10.2 Å².